The van der Waals surface area contributed by atoms with Crippen LogP contribution in [0, 0.1) is 15.2 Å². The smallest absolute Gasteiger partial charge is 0.231 e. The van der Waals surface area contributed by atoms with Crippen molar-refractivity contribution < 1.29 is 18.3 Å². The molecule has 3 heterocycles. The second-order valence-corrected chi connectivity index (χ2v) is 9.07. The normalized spacial score (nSPS) is 13.0. The van der Waals surface area contributed by atoms with E-state index in [1.165, 1.54) is 0 Å². The predicted molar refractivity (Wildman–Crippen MR) is 119 cm³/mol. The Morgan fingerprint density at radius 1 is 1.30 bits per heavy atom. The highest BCUT2D eigenvalue weighted by molar-refractivity contribution is 14.1. The number of fused-ring (bicyclic) bond motifs is 2. The maximum absolute atomic E-state index is 15.1. The van der Waals surface area contributed by atoms with E-state index >= 15 is 4.39 Å². The number of rotatable bonds is 7. The van der Waals surface area contributed by atoms with Gasteiger partial charge in [0.25, 0.3) is 0 Å². The van der Waals surface area contributed by atoms with E-state index in [4.69, 9.17) is 15.2 Å². The average molecular weight is 547 g/mol. The fourth-order valence-electron chi connectivity index (χ4n) is 3.16. The van der Waals surface area contributed by atoms with Crippen LogP contribution < -0.4 is 20.5 Å². The zero-order valence-corrected chi connectivity index (χ0v) is 19.3. The number of nitrogens with two attached hydrogens (primary N) is 1. The number of nitrogens with one attached hydrogen (secondary N) is 1. The standard InChI is InChI=1S/C19H20F2IN5O2S/c1-9(2)24-5-3-7-27-10-4-6-25-18(23)14(10)26-19(27)30-17-12(21)16-15(28-8-29-16)11(20)13(17)22/h4,6,9,24H,3,5,7-8H2,1-2H3,(H2,23,25). The van der Waals surface area contributed by atoms with E-state index in [2.05, 4.69) is 29.1 Å². The SMILES string of the molecule is CC(C)NCCCn1c(Sc2c(F)c3c(c(F)c2I)OCO3)nc2c(N)nccc21. The van der Waals surface area contributed by atoms with Gasteiger partial charge in [-0.25, -0.2) is 18.7 Å². The highest BCUT2D eigenvalue weighted by Crippen LogP contribution is 2.46. The van der Waals surface area contributed by atoms with Crippen LogP contribution in [-0.2, 0) is 6.54 Å². The summed E-state index contributed by atoms with van der Waals surface area (Å²) in [4.78, 5) is 8.77. The summed E-state index contributed by atoms with van der Waals surface area (Å²) in [6.07, 6.45) is 2.44. The molecule has 160 valence electrons. The molecule has 0 aliphatic carbocycles. The molecule has 0 radical (unpaired) electrons. The third-order valence-electron chi connectivity index (χ3n) is 4.57. The first-order valence-electron chi connectivity index (χ1n) is 9.36. The predicted octanol–water partition coefficient (Wildman–Crippen LogP) is 4.16. The lowest BCUT2D eigenvalue weighted by atomic mass is 10.3. The fourth-order valence-corrected chi connectivity index (χ4v) is 4.95. The van der Waals surface area contributed by atoms with Crippen LogP contribution in [0.5, 0.6) is 11.5 Å². The van der Waals surface area contributed by atoms with Gasteiger partial charge >= 0.3 is 0 Å². The van der Waals surface area contributed by atoms with Gasteiger partial charge in [-0.1, -0.05) is 13.8 Å². The van der Waals surface area contributed by atoms with Gasteiger partial charge in [-0.3, -0.25) is 0 Å². The molecule has 0 atom stereocenters. The molecule has 0 spiro atoms. The Morgan fingerprint density at radius 3 is 2.77 bits per heavy atom. The summed E-state index contributed by atoms with van der Waals surface area (Å²) in [7, 11) is 0. The van der Waals surface area contributed by atoms with Crippen molar-refractivity contribution in [3.05, 3.63) is 27.5 Å². The van der Waals surface area contributed by atoms with Crippen LogP contribution in [0.4, 0.5) is 14.6 Å². The summed E-state index contributed by atoms with van der Waals surface area (Å²) in [5, 5.41) is 3.88. The number of benzene rings is 1. The first-order valence-corrected chi connectivity index (χ1v) is 11.3. The summed E-state index contributed by atoms with van der Waals surface area (Å²) in [6.45, 7) is 5.40. The maximum atomic E-state index is 15.1. The highest BCUT2D eigenvalue weighted by atomic mass is 127. The number of hydrogen-bond donors (Lipinski definition) is 2. The number of aromatic nitrogens is 3. The van der Waals surface area contributed by atoms with Crippen molar-refractivity contribution in [2.45, 2.75) is 42.9 Å². The van der Waals surface area contributed by atoms with Gasteiger partial charge in [-0.05, 0) is 53.4 Å². The van der Waals surface area contributed by atoms with Gasteiger partial charge in [-0.15, -0.1) is 0 Å². The molecule has 1 aliphatic rings. The molecular formula is C19H20F2IN5O2S. The van der Waals surface area contributed by atoms with E-state index in [1.54, 1.807) is 28.8 Å². The minimum atomic E-state index is -0.663. The van der Waals surface area contributed by atoms with Gasteiger partial charge in [0.05, 0.1) is 14.0 Å². The monoisotopic (exact) mass is 547 g/mol. The number of hydrogen-bond acceptors (Lipinski definition) is 7. The van der Waals surface area contributed by atoms with E-state index in [1.807, 2.05) is 10.6 Å². The molecule has 4 rings (SSSR count). The second kappa shape index (κ2) is 8.71. The lowest BCUT2D eigenvalue weighted by molar-refractivity contribution is 0.168. The van der Waals surface area contributed by atoms with Crippen LogP contribution in [0.2, 0.25) is 0 Å². The molecule has 0 fully saturated rings. The number of nitrogens with zero attached hydrogens (tertiary/aromatic N) is 3. The van der Waals surface area contributed by atoms with Crippen LogP contribution in [0.3, 0.4) is 0 Å². The Kier molecular flexibility index (Phi) is 6.21. The molecule has 0 saturated heterocycles. The van der Waals surface area contributed by atoms with Crippen molar-refractivity contribution in [3.8, 4) is 11.5 Å². The first-order chi connectivity index (χ1) is 14.4. The lowest BCUT2D eigenvalue weighted by Crippen LogP contribution is -2.24. The summed E-state index contributed by atoms with van der Waals surface area (Å²) < 4.78 is 42.0. The Morgan fingerprint density at radius 2 is 2.03 bits per heavy atom. The van der Waals surface area contributed by atoms with Gasteiger partial charge in [0, 0.05) is 18.8 Å². The molecule has 30 heavy (non-hydrogen) atoms. The zero-order chi connectivity index (χ0) is 21.4. The number of pyridine rings is 1. The van der Waals surface area contributed by atoms with Crippen LogP contribution in [0.1, 0.15) is 20.3 Å². The van der Waals surface area contributed by atoms with Crippen molar-refractivity contribution in [2.24, 2.45) is 0 Å². The molecular weight excluding hydrogens is 527 g/mol. The summed E-state index contributed by atoms with van der Waals surface area (Å²) in [5.41, 5.74) is 7.34. The number of imidazole rings is 1. The highest BCUT2D eigenvalue weighted by Gasteiger charge is 2.31. The number of halogens is 3. The number of ether oxygens (including phenoxy) is 2. The maximum Gasteiger partial charge on any atom is 0.231 e. The molecule has 0 saturated carbocycles. The summed E-state index contributed by atoms with van der Waals surface area (Å²) in [5.74, 6) is -1.41. The van der Waals surface area contributed by atoms with Crippen LogP contribution in [0.25, 0.3) is 11.0 Å². The van der Waals surface area contributed by atoms with Crippen molar-refractivity contribution in [3.63, 3.8) is 0 Å². The number of aryl methyl sites for hydroxylation is 1. The second-order valence-electron chi connectivity index (χ2n) is 7.01. The van der Waals surface area contributed by atoms with Gasteiger partial charge in [0.1, 0.15) is 5.52 Å². The lowest BCUT2D eigenvalue weighted by Gasteiger charge is -2.13. The quantitative estimate of drug-likeness (QED) is 0.261. The zero-order valence-electron chi connectivity index (χ0n) is 16.3. The third-order valence-corrected chi connectivity index (χ3v) is 7.03. The van der Waals surface area contributed by atoms with Crippen LogP contribution in [-0.4, -0.2) is 33.9 Å². The van der Waals surface area contributed by atoms with Gasteiger partial charge < -0.3 is 25.1 Å². The molecule has 1 aliphatic heterocycles. The molecule has 11 heteroatoms. The average Bonchev–Trinajstić information content (AvgIpc) is 3.33. The Balaban J connectivity index is 1.73. The molecule has 2 aromatic heterocycles. The van der Waals surface area contributed by atoms with Crippen molar-refractivity contribution in [1.29, 1.82) is 0 Å². The Bertz CT molecular complexity index is 1110. The number of nitrogen functional groups attached to an aromatic ring is 1. The van der Waals surface area contributed by atoms with Gasteiger partial charge in [-0.2, -0.15) is 0 Å². The minimum Gasteiger partial charge on any atom is -0.450 e. The topological polar surface area (TPSA) is 87.2 Å². The third kappa shape index (κ3) is 3.89. The molecule has 1 aromatic carbocycles. The molecule has 3 aromatic rings. The Hall–Kier alpha value is -1.86. The Labute approximate surface area is 189 Å². The first kappa shape index (κ1) is 21.4. The van der Waals surface area contributed by atoms with Gasteiger partial charge in [0.2, 0.25) is 18.3 Å². The van der Waals surface area contributed by atoms with E-state index in [0.717, 1.165) is 30.2 Å². The van der Waals surface area contributed by atoms with E-state index in [0.29, 0.717) is 29.1 Å². The van der Waals surface area contributed by atoms with Crippen LogP contribution >= 0.6 is 34.4 Å². The number of anilines is 1. The van der Waals surface area contributed by atoms with Gasteiger partial charge in [0.15, 0.2) is 22.6 Å². The molecule has 3 N–H and O–H groups in total. The van der Waals surface area contributed by atoms with E-state index in [9.17, 15) is 4.39 Å². The summed E-state index contributed by atoms with van der Waals surface area (Å²) in [6, 6.07) is 2.20. The molecule has 0 amide bonds. The van der Waals surface area contributed by atoms with Crippen LogP contribution in [0.15, 0.2) is 22.3 Å². The van der Waals surface area contributed by atoms with Crippen molar-refractivity contribution in [1.82, 2.24) is 19.9 Å². The largest absolute Gasteiger partial charge is 0.450 e. The van der Waals surface area contributed by atoms with Crippen molar-refractivity contribution >= 4 is 51.2 Å². The van der Waals surface area contributed by atoms with E-state index in [-0.39, 0.29) is 26.8 Å². The summed E-state index contributed by atoms with van der Waals surface area (Å²) >= 11 is 2.81. The van der Waals surface area contributed by atoms with E-state index < -0.39 is 11.6 Å². The molecule has 7 nitrogen and oxygen atoms in total. The molecule has 0 bridgehead atoms. The fraction of sp³-hybridized carbons (Fsp3) is 0.368. The molecule has 0 unspecified atom stereocenters. The minimum absolute atomic E-state index is 0.0979. The van der Waals surface area contributed by atoms with Crippen molar-refractivity contribution in [2.75, 3.05) is 19.1 Å².